The van der Waals surface area contributed by atoms with E-state index in [0.29, 0.717) is 41.4 Å². The number of Topliss-reactive ketones (excluding diaryl/α,β-unsaturated/α-hetero) is 1. The van der Waals surface area contributed by atoms with E-state index < -0.39 is 28.5 Å². The molecule has 10 heteroatoms. The molecule has 0 aliphatic carbocycles. The number of hydrogen-bond donors (Lipinski definition) is 3. The zero-order valence-electron chi connectivity index (χ0n) is 24.6. The van der Waals surface area contributed by atoms with Crippen LogP contribution in [0.2, 0.25) is 0 Å². The number of aromatic hydroxyl groups is 1. The van der Waals surface area contributed by atoms with Gasteiger partial charge < -0.3 is 28.9 Å². The maximum Gasteiger partial charge on any atom is 0.371 e. The molecular weight excluding hydrogens is 584 g/mol. The third-order valence-electron chi connectivity index (χ3n) is 6.75. The number of furan rings is 1. The molecule has 9 nitrogen and oxygen atoms in total. The molecule has 4 rings (SSSR count). The van der Waals surface area contributed by atoms with Crippen LogP contribution in [0, 0.1) is 6.92 Å². The van der Waals surface area contributed by atoms with Crippen LogP contribution < -0.4 is 10.2 Å². The first-order valence-corrected chi connectivity index (χ1v) is 15.0. The van der Waals surface area contributed by atoms with Gasteiger partial charge in [0.15, 0.2) is 11.2 Å². The fraction of sp³-hybridized carbons (Fsp3) is 0.265. The molecule has 0 aliphatic rings. The number of phenolic OH excluding ortho intramolecular Hbond substituents is 1. The molecule has 44 heavy (non-hydrogen) atoms. The maximum atomic E-state index is 12.3. The van der Waals surface area contributed by atoms with E-state index in [2.05, 4.69) is 0 Å². The van der Waals surface area contributed by atoms with Crippen LogP contribution in [-0.2, 0) is 6.42 Å². The van der Waals surface area contributed by atoms with Crippen molar-refractivity contribution in [3.63, 3.8) is 0 Å². The minimum atomic E-state index is -1.34. The van der Waals surface area contributed by atoms with E-state index in [4.69, 9.17) is 13.6 Å². The van der Waals surface area contributed by atoms with Gasteiger partial charge in [-0.2, -0.15) is 0 Å². The predicted molar refractivity (Wildman–Crippen MR) is 168 cm³/mol. The Labute approximate surface area is 258 Å². The Morgan fingerprint density at radius 3 is 2.59 bits per heavy atom. The third kappa shape index (κ3) is 7.89. The lowest BCUT2D eigenvalue weighted by molar-refractivity contribution is 0.0662. The summed E-state index contributed by atoms with van der Waals surface area (Å²) >= 11 is 1.30. The van der Waals surface area contributed by atoms with Crippen molar-refractivity contribution in [2.45, 2.75) is 56.3 Å². The molecule has 2 atom stereocenters. The lowest BCUT2D eigenvalue weighted by Gasteiger charge is -2.18. The van der Waals surface area contributed by atoms with Crippen molar-refractivity contribution in [1.82, 2.24) is 0 Å². The summed E-state index contributed by atoms with van der Waals surface area (Å²) in [5.74, 6) is -1.08. The Hall–Kier alpha value is -4.54. The largest absolute Gasteiger partial charge is 0.507 e. The predicted octanol–water partition coefficient (Wildman–Crippen LogP) is 7.03. The Morgan fingerprint density at radius 2 is 1.91 bits per heavy atom. The number of ketones is 1. The van der Waals surface area contributed by atoms with E-state index >= 15 is 0 Å². The molecule has 2 aromatic carbocycles. The van der Waals surface area contributed by atoms with Crippen molar-refractivity contribution < 1.29 is 38.5 Å². The van der Waals surface area contributed by atoms with Crippen LogP contribution in [0.15, 0.2) is 91.6 Å². The Kier molecular flexibility index (Phi) is 10.9. The average molecular weight is 619 g/mol. The third-order valence-corrected chi connectivity index (χ3v) is 7.96. The average Bonchev–Trinajstić information content (AvgIpc) is 3.42. The van der Waals surface area contributed by atoms with E-state index in [9.17, 15) is 29.7 Å². The highest BCUT2D eigenvalue weighted by Gasteiger charge is 2.23. The molecule has 0 radical (unpaired) electrons. The van der Waals surface area contributed by atoms with Gasteiger partial charge in [0.05, 0.1) is 29.1 Å². The monoisotopic (exact) mass is 618 g/mol. The molecule has 0 saturated carbocycles. The van der Waals surface area contributed by atoms with Crippen LogP contribution >= 0.6 is 11.8 Å². The number of aromatic carboxylic acids is 1. The number of benzene rings is 2. The summed E-state index contributed by atoms with van der Waals surface area (Å²) in [4.78, 5) is 36.1. The van der Waals surface area contributed by atoms with Gasteiger partial charge in [0.25, 0.3) is 0 Å². The molecular formula is C34H34O9S. The number of ether oxygens (including phenoxy) is 1. The number of rotatable bonds is 14. The van der Waals surface area contributed by atoms with Gasteiger partial charge in [-0.1, -0.05) is 37.6 Å². The highest BCUT2D eigenvalue weighted by atomic mass is 32.2. The van der Waals surface area contributed by atoms with Gasteiger partial charge in [0.2, 0.25) is 5.76 Å². The van der Waals surface area contributed by atoms with Crippen molar-refractivity contribution in [2.75, 3.05) is 6.61 Å². The van der Waals surface area contributed by atoms with Gasteiger partial charge in [0.1, 0.15) is 28.9 Å². The van der Waals surface area contributed by atoms with Crippen molar-refractivity contribution in [3.8, 4) is 11.5 Å². The fourth-order valence-electron chi connectivity index (χ4n) is 4.56. The van der Waals surface area contributed by atoms with E-state index in [1.807, 2.05) is 32.1 Å². The summed E-state index contributed by atoms with van der Waals surface area (Å²) in [7, 11) is 0. The number of aryl methyl sites for hydroxylation is 1. The quantitative estimate of drug-likeness (QED) is 0.0582. The van der Waals surface area contributed by atoms with Gasteiger partial charge in [-0.3, -0.25) is 9.59 Å². The number of carboxylic acids is 1. The standard InChI is InChI=1S/C34H34O9S/c1-4-9-25-27(14-13-23(21(3)35)32(25)37)41-15-8-6-5-7-10-31(33(38)29-16-20(2)19-42-29)44-22-11-12-24-26(36)18-30(34(39)40)43-28(24)17-22/h5-7,10-14,16-19,31,33,37-38H,4,8-9,15H2,1-3H3,(H,39,40)/b6-5-,10-7+/t31-,33+/m0/s1. The van der Waals surface area contributed by atoms with Gasteiger partial charge in [-0.25, -0.2) is 4.79 Å². The Morgan fingerprint density at radius 1 is 1.11 bits per heavy atom. The van der Waals surface area contributed by atoms with E-state index in [1.54, 1.807) is 48.7 Å². The molecule has 0 fully saturated rings. The molecule has 4 aromatic rings. The number of carbonyl (C=O) groups excluding carboxylic acids is 1. The van der Waals surface area contributed by atoms with Crippen LogP contribution in [0.5, 0.6) is 11.5 Å². The minimum absolute atomic E-state index is 0.0277. The second-order valence-corrected chi connectivity index (χ2v) is 11.4. The number of aliphatic hydroxyl groups excluding tert-OH is 1. The Balaban J connectivity index is 1.46. The molecule has 0 spiro atoms. The number of fused-ring (bicyclic) bond motifs is 1. The normalized spacial score (nSPS) is 13.1. The zero-order chi connectivity index (χ0) is 31.8. The van der Waals surface area contributed by atoms with Gasteiger partial charge >= 0.3 is 5.97 Å². The number of hydrogen-bond acceptors (Lipinski definition) is 9. The number of carbonyl (C=O) groups is 2. The van der Waals surface area contributed by atoms with Crippen molar-refractivity contribution >= 4 is 34.5 Å². The summed E-state index contributed by atoms with van der Waals surface area (Å²) in [5, 5.41) is 30.7. The topological polar surface area (TPSA) is 147 Å². The molecule has 230 valence electrons. The maximum absolute atomic E-state index is 12.3. The fourth-order valence-corrected chi connectivity index (χ4v) is 5.63. The summed E-state index contributed by atoms with van der Waals surface area (Å²) in [6, 6.07) is 10.8. The molecule has 2 heterocycles. The Bertz CT molecular complexity index is 1760. The highest BCUT2D eigenvalue weighted by molar-refractivity contribution is 8.00. The zero-order valence-corrected chi connectivity index (χ0v) is 25.4. The second-order valence-electron chi connectivity index (χ2n) is 10.2. The molecule has 0 amide bonds. The molecule has 3 N–H and O–H groups in total. The first-order chi connectivity index (χ1) is 21.1. The SMILES string of the molecule is CCCc1c(OCC/C=C\C=C\[C@H](Sc2ccc3c(=O)cc(C(=O)O)oc3c2)[C@H](O)c2cc(C)co2)ccc(C(C)=O)c1O. The molecule has 0 unspecified atom stereocenters. The summed E-state index contributed by atoms with van der Waals surface area (Å²) in [6.07, 6.45) is 9.85. The van der Waals surface area contributed by atoms with Crippen LogP contribution in [0.3, 0.4) is 0 Å². The molecule has 0 bridgehead atoms. The molecule has 0 saturated heterocycles. The van der Waals surface area contributed by atoms with E-state index in [1.165, 1.54) is 18.7 Å². The van der Waals surface area contributed by atoms with Crippen molar-refractivity contribution in [2.24, 2.45) is 0 Å². The number of aliphatic hydroxyl groups is 1. The minimum Gasteiger partial charge on any atom is -0.507 e. The van der Waals surface area contributed by atoms with Crippen molar-refractivity contribution in [3.05, 3.63) is 111 Å². The number of carboxylic acid groups (broad SMARTS) is 1. The molecule has 2 aromatic heterocycles. The second kappa shape index (κ2) is 14.8. The molecule has 0 aliphatic heterocycles. The first kappa shape index (κ1) is 32.4. The van der Waals surface area contributed by atoms with Crippen LogP contribution in [-0.4, -0.2) is 38.9 Å². The first-order valence-electron chi connectivity index (χ1n) is 14.1. The smallest absolute Gasteiger partial charge is 0.371 e. The number of thioether (sulfide) groups is 1. The highest BCUT2D eigenvalue weighted by Crippen LogP contribution is 2.36. The van der Waals surface area contributed by atoms with Gasteiger partial charge in [0, 0.05) is 16.5 Å². The van der Waals surface area contributed by atoms with Crippen molar-refractivity contribution in [1.29, 1.82) is 0 Å². The summed E-state index contributed by atoms with van der Waals surface area (Å²) in [6.45, 7) is 5.62. The van der Waals surface area contributed by atoms with Gasteiger partial charge in [-0.05, 0) is 68.7 Å². The summed E-state index contributed by atoms with van der Waals surface area (Å²) in [5.41, 5.74) is 1.45. The van der Waals surface area contributed by atoms with Crippen LogP contribution in [0.4, 0.5) is 0 Å². The van der Waals surface area contributed by atoms with Crippen LogP contribution in [0.25, 0.3) is 11.0 Å². The number of allylic oxidation sites excluding steroid dienone is 2. The summed E-state index contributed by atoms with van der Waals surface area (Å²) < 4.78 is 16.9. The van der Waals surface area contributed by atoms with E-state index in [0.717, 1.165) is 18.1 Å². The lowest BCUT2D eigenvalue weighted by Crippen LogP contribution is -2.12. The van der Waals surface area contributed by atoms with Crippen LogP contribution in [0.1, 0.15) is 70.6 Å². The lowest BCUT2D eigenvalue weighted by atomic mass is 10.0. The van der Waals surface area contributed by atoms with Gasteiger partial charge in [-0.15, -0.1) is 11.8 Å². The number of phenols is 1. The van der Waals surface area contributed by atoms with E-state index in [-0.39, 0.29) is 28.1 Å².